The topological polar surface area (TPSA) is 23.5 Å². The molecule has 1 N–H and O–H groups in total. The Hall–Kier alpha value is -1.87. The van der Waals surface area contributed by atoms with Crippen LogP contribution in [0.25, 0.3) is 0 Å². The summed E-state index contributed by atoms with van der Waals surface area (Å²) < 4.78 is 13.4. The molecule has 1 atom stereocenters. The molecule has 21 heavy (non-hydrogen) atoms. The lowest BCUT2D eigenvalue weighted by Crippen LogP contribution is -2.29. The summed E-state index contributed by atoms with van der Waals surface area (Å²) >= 11 is 0. The van der Waals surface area contributed by atoms with Crippen molar-refractivity contribution in [2.75, 3.05) is 13.1 Å². The van der Waals surface area contributed by atoms with Crippen LogP contribution in [-0.2, 0) is 12.8 Å². The molecule has 1 aliphatic rings. The normalized spacial score (nSPS) is 17.0. The summed E-state index contributed by atoms with van der Waals surface area (Å²) in [6, 6.07) is 12.7. The van der Waals surface area contributed by atoms with Crippen molar-refractivity contribution >= 4 is 0 Å². The quantitative estimate of drug-likeness (QED) is 0.909. The van der Waals surface area contributed by atoms with E-state index in [1.54, 1.807) is 0 Å². The third kappa shape index (κ3) is 2.93. The van der Waals surface area contributed by atoms with Crippen molar-refractivity contribution in [3.05, 3.63) is 65.0 Å². The zero-order chi connectivity index (χ0) is 14.8. The first kappa shape index (κ1) is 14.1. The third-order valence-corrected chi connectivity index (χ3v) is 4.44. The Morgan fingerprint density at radius 2 is 1.67 bits per heavy atom. The van der Waals surface area contributed by atoms with Crippen molar-refractivity contribution in [3.63, 3.8) is 0 Å². The number of halogens is 1. The Bertz CT molecular complexity index is 614. The van der Waals surface area contributed by atoms with E-state index in [9.17, 15) is 9.50 Å². The van der Waals surface area contributed by atoms with Gasteiger partial charge >= 0.3 is 0 Å². The SMILES string of the molecule is CC(c1cc(F)ccc1O)N1CCc2ccccc2CC1. The minimum Gasteiger partial charge on any atom is -0.508 e. The number of phenols is 1. The highest BCUT2D eigenvalue weighted by atomic mass is 19.1. The standard InChI is InChI=1S/C18H20FNO/c1-13(17-12-16(19)6-7-18(17)21)20-10-8-14-4-2-3-5-15(14)9-11-20/h2-7,12-13,21H,8-11H2,1H3. The number of nitrogens with zero attached hydrogens (tertiary/aromatic N) is 1. The van der Waals surface area contributed by atoms with Crippen molar-refractivity contribution in [3.8, 4) is 5.75 Å². The van der Waals surface area contributed by atoms with E-state index in [2.05, 4.69) is 29.2 Å². The first-order chi connectivity index (χ1) is 10.1. The van der Waals surface area contributed by atoms with Crippen LogP contribution in [0.15, 0.2) is 42.5 Å². The molecule has 3 heteroatoms. The fourth-order valence-electron chi connectivity index (χ4n) is 3.13. The molecule has 0 amide bonds. The first-order valence-corrected chi connectivity index (χ1v) is 7.44. The number of hydrogen-bond acceptors (Lipinski definition) is 2. The van der Waals surface area contributed by atoms with E-state index in [-0.39, 0.29) is 17.6 Å². The lowest BCUT2D eigenvalue weighted by molar-refractivity contribution is 0.217. The Morgan fingerprint density at radius 3 is 2.29 bits per heavy atom. The summed E-state index contributed by atoms with van der Waals surface area (Å²) in [5, 5.41) is 9.99. The number of hydrogen-bond donors (Lipinski definition) is 1. The maximum Gasteiger partial charge on any atom is 0.123 e. The molecule has 2 nitrogen and oxygen atoms in total. The molecule has 1 aliphatic heterocycles. The first-order valence-electron chi connectivity index (χ1n) is 7.44. The van der Waals surface area contributed by atoms with Crippen LogP contribution in [0, 0.1) is 5.82 Å². The van der Waals surface area contributed by atoms with E-state index < -0.39 is 0 Å². The number of aromatic hydroxyl groups is 1. The maximum absolute atomic E-state index is 13.4. The molecule has 0 saturated carbocycles. The summed E-state index contributed by atoms with van der Waals surface area (Å²) in [5.41, 5.74) is 3.47. The van der Waals surface area contributed by atoms with Gasteiger partial charge in [-0.05, 0) is 49.1 Å². The monoisotopic (exact) mass is 285 g/mol. The predicted octanol–water partition coefficient (Wildman–Crippen LogP) is 3.69. The van der Waals surface area contributed by atoms with Gasteiger partial charge in [0, 0.05) is 24.7 Å². The van der Waals surface area contributed by atoms with Gasteiger partial charge in [0.1, 0.15) is 11.6 Å². The summed E-state index contributed by atoms with van der Waals surface area (Å²) in [5.74, 6) is -0.126. The van der Waals surface area contributed by atoms with Gasteiger partial charge in [-0.2, -0.15) is 0 Å². The van der Waals surface area contributed by atoms with Crippen LogP contribution >= 0.6 is 0 Å². The zero-order valence-electron chi connectivity index (χ0n) is 12.2. The molecule has 1 unspecified atom stereocenters. The summed E-state index contributed by atoms with van der Waals surface area (Å²) in [7, 11) is 0. The average molecular weight is 285 g/mol. The predicted molar refractivity (Wildman–Crippen MR) is 81.9 cm³/mol. The Kier molecular flexibility index (Phi) is 3.93. The Morgan fingerprint density at radius 1 is 1.05 bits per heavy atom. The average Bonchev–Trinajstić information content (AvgIpc) is 2.71. The molecule has 2 aromatic rings. The zero-order valence-corrected chi connectivity index (χ0v) is 12.2. The van der Waals surface area contributed by atoms with E-state index in [0.717, 1.165) is 25.9 Å². The molecule has 0 radical (unpaired) electrons. The molecule has 0 saturated heterocycles. The number of fused-ring (bicyclic) bond motifs is 1. The number of benzene rings is 2. The molecule has 0 aliphatic carbocycles. The molecule has 2 aromatic carbocycles. The second-order valence-corrected chi connectivity index (χ2v) is 5.68. The van der Waals surface area contributed by atoms with Crippen LogP contribution in [0.5, 0.6) is 5.75 Å². The highest BCUT2D eigenvalue weighted by Gasteiger charge is 2.21. The molecule has 0 fully saturated rings. The summed E-state index contributed by atoms with van der Waals surface area (Å²) in [6.45, 7) is 3.88. The lowest BCUT2D eigenvalue weighted by atomic mass is 10.0. The summed E-state index contributed by atoms with van der Waals surface area (Å²) in [4.78, 5) is 2.31. The Balaban J connectivity index is 1.80. The highest BCUT2D eigenvalue weighted by Crippen LogP contribution is 2.30. The van der Waals surface area contributed by atoms with E-state index in [0.29, 0.717) is 5.56 Å². The fraction of sp³-hybridized carbons (Fsp3) is 0.333. The van der Waals surface area contributed by atoms with E-state index in [4.69, 9.17) is 0 Å². The molecule has 0 spiro atoms. The maximum atomic E-state index is 13.4. The minimum atomic E-state index is -0.298. The Labute approximate surface area is 124 Å². The highest BCUT2D eigenvalue weighted by molar-refractivity contribution is 5.35. The van der Waals surface area contributed by atoms with Gasteiger partial charge in [-0.25, -0.2) is 4.39 Å². The van der Waals surface area contributed by atoms with Crippen LogP contribution in [0.1, 0.15) is 29.7 Å². The van der Waals surface area contributed by atoms with Gasteiger partial charge in [0.15, 0.2) is 0 Å². The second kappa shape index (κ2) is 5.86. The van der Waals surface area contributed by atoms with Gasteiger partial charge in [-0.15, -0.1) is 0 Å². The van der Waals surface area contributed by atoms with Gasteiger partial charge in [-0.1, -0.05) is 24.3 Å². The van der Waals surface area contributed by atoms with Gasteiger partial charge < -0.3 is 5.11 Å². The molecule has 0 aromatic heterocycles. The molecule has 0 bridgehead atoms. The molecular formula is C18H20FNO. The van der Waals surface area contributed by atoms with Crippen LogP contribution in [0.3, 0.4) is 0 Å². The molecule has 3 rings (SSSR count). The van der Waals surface area contributed by atoms with Gasteiger partial charge in [0.05, 0.1) is 0 Å². The van der Waals surface area contributed by atoms with Crippen LogP contribution in [0.4, 0.5) is 4.39 Å². The van der Waals surface area contributed by atoms with Gasteiger partial charge in [-0.3, -0.25) is 4.90 Å². The van der Waals surface area contributed by atoms with E-state index in [1.807, 2.05) is 6.92 Å². The van der Waals surface area contributed by atoms with E-state index >= 15 is 0 Å². The van der Waals surface area contributed by atoms with Gasteiger partial charge in [0.2, 0.25) is 0 Å². The van der Waals surface area contributed by atoms with Gasteiger partial charge in [0.25, 0.3) is 0 Å². The molecule has 1 heterocycles. The molecular weight excluding hydrogens is 265 g/mol. The van der Waals surface area contributed by atoms with Crippen molar-refractivity contribution in [2.24, 2.45) is 0 Å². The number of phenolic OH excluding ortho intramolecular Hbond substituents is 1. The van der Waals surface area contributed by atoms with Crippen LogP contribution < -0.4 is 0 Å². The van der Waals surface area contributed by atoms with Crippen LogP contribution in [0.2, 0.25) is 0 Å². The number of rotatable bonds is 2. The van der Waals surface area contributed by atoms with Crippen molar-refractivity contribution < 1.29 is 9.50 Å². The third-order valence-electron chi connectivity index (χ3n) is 4.44. The lowest BCUT2D eigenvalue weighted by Gasteiger charge is -2.28. The van der Waals surface area contributed by atoms with Crippen molar-refractivity contribution in [1.82, 2.24) is 4.90 Å². The minimum absolute atomic E-state index is 0.00927. The summed E-state index contributed by atoms with van der Waals surface area (Å²) in [6.07, 6.45) is 1.99. The van der Waals surface area contributed by atoms with Crippen molar-refractivity contribution in [2.45, 2.75) is 25.8 Å². The fourth-order valence-corrected chi connectivity index (χ4v) is 3.13. The largest absolute Gasteiger partial charge is 0.508 e. The van der Waals surface area contributed by atoms with Crippen molar-refractivity contribution in [1.29, 1.82) is 0 Å². The van der Waals surface area contributed by atoms with Crippen LogP contribution in [-0.4, -0.2) is 23.1 Å². The second-order valence-electron chi connectivity index (χ2n) is 5.68. The van der Waals surface area contributed by atoms with E-state index in [1.165, 1.54) is 29.3 Å². The smallest absolute Gasteiger partial charge is 0.123 e. The molecule has 110 valence electrons.